The van der Waals surface area contributed by atoms with Gasteiger partial charge in [-0.15, -0.1) is 0 Å². The fourth-order valence-corrected chi connectivity index (χ4v) is 2.74. The number of amides is 1. The van der Waals surface area contributed by atoms with Crippen LogP contribution < -0.4 is 5.32 Å². The van der Waals surface area contributed by atoms with Gasteiger partial charge in [0, 0.05) is 22.8 Å². The molecule has 1 heterocycles. The standard InChI is InChI=1S/C11H12INO/c12-7-10-9(6-11(14)13-10)8-4-2-1-3-5-8/h1-5,9-10H,6-7H2,(H,13,14). The molecular formula is C11H12INO. The lowest BCUT2D eigenvalue weighted by molar-refractivity contribution is -0.119. The summed E-state index contributed by atoms with van der Waals surface area (Å²) in [7, 11) is 0. The van der Waals surface area contributed by atoms with Gasteiger partial charge in [0.1, 0.15) is 0 Å². The zero-order chi connectivity index (χ0) is 9.97. The first kappa shape index (κ1) is 9.96. The number of benzene rings is 1. The van der Waals surface area contributed by atoms with Crippen molar-refractivity contribution < 1.29 is 4.79 Å². The Morgan fingerprint density at radius 3 is 2.71 bits per heavy atom. The number of hydrogen-bond donors (Lipinski definition) is 1. The number of nitrogens with one attached hydrogen (secondary N) is 1. The minimum absolute atomic E-state index is 0.181. The minimum atomic E-state index is 0.181. The van der Waals surface area contributed by atoms with Crippen molar-refractivity contribution in [2.45, 2.75) is 18.4 Å². The summed E-state index contributed by atoms with van der Waals surface area (Å²) < 4.78 is 0.975. The molecular weight excluding hydrogens is 289 g/mol. The topological polar surface area (TPSA) is 29.1 Å². The third kappa shape index (κ3) is 1.92. The Labute approximate surface area is 97.2 Å². The Bertz CT molecular complexity index is 325. The number of alkyl halides is 1. The monoisotopic (exact) mass is 301 g/mol. The van der Waals surface area contributed by atoms with Crippen molar-refractivity contribution in [2.24, 2.45) is 0 Å². The highest BCUT2D eigenvalue weighted by molar-refractivity contribution is 14.1. The van der Waals surface area contributed by atoms with E-state index in [1.54, 1.807) is 0 Å². The molecule has 0 radical (unpaired) electrons. The maximum absolute atomic E-state index is 11.3. The zero-order valence-electron chi connectivity index (χ0n) is 7.74. The van der Waals surface area contributed by atoms with E-state index in [1.807, 2.05) is 18.2 Å². The molecule has 0 aliphatic carbocycles. The van der Waals surface area contributed by atoms with Crippen LogP contribution >= 0.6 is 22.6 Å². The molecule has 3 heteroatoms. The maximum atomic E-state index is 11.3. The molecule has 1 aromatic carbocycles. The second-order valence-electron chi connectivity index (χ2n) is 3.55. The molecule has 2 rings (SSSR count). The van der Waals surface area contributed by atoms with Gasteiger partial charge in [-0.05, 0) is 5.56 Å². The first-order valence-electron chi connectivity index (χ1n) is 4.71. The molecule has 2 unspecified atom stereocenters. The van der Waals surface area contributed by atoms with E-state index in [2.05, 4.69) is 40.0 Å². The van der Waals surface area contributed by atoms with Crippen LogP contribution in [0.1, 0.15) is 17.9 Å². The second kappa shape index (κ2) is 4.29. The summed E-state index contributed by atoms with van der Waals surface area (Å²) in [6.07, 6.45) is 0.637. The molecule has 1 amide bonds. The van der Waals surface area contributed by atoms with Gasteiger partial charge in [0.2, 0.25) is 5.91 Å². The molecule has 2 nitrogen and oxygen atoms in total. The van der Waals surface area contributed by atoms with Gasteiger partial charge in [-0.1, -0.05) is 52.9 Å². The third-order valence-electron chi connectivity index (χ3n) is 2.63. The number of carbonyl (C=O) groups is 1. The Kier molecular flexibility index (Phi) is 3.05. The third-order valence-corrected chi connectivity index (χ3v) is 3.58. The van der Waals surface area contributed by atoms with Crippen LogP contribution in [0.25, 0.3) is 0 Å². The van der Waals surface area contributed by atoms with Crippen LogP contribution in [-0.2, 0) is 4.79 Å². The van der Waals surface area contributed by atoms with E-state index in [-0.39, 0.29) is 5.91 Å². The number of rotatable bonds is 2. The van der Waals surface area contributed by atoms with E-state index < -0.39 is 0 Å². The van der Waals surface area contributed by atoms with Crippen molar-refractivity contribution >= 4 is 28.5 Å². The van der Waals surface area contributed by atoms with Crippen molar-refractivity contribution in [3.8, 4) is 0 Å². The van der Waals surface area contributed by atoms with E-state index in [0.717, 1.165) is 4.43 Å². The second-order valence-corrected chi connectivity index (χ2v) is 4.43. The Morgan fingerprint density at radius 2 is 2.07 bits per heavy atom. The van der Waals surface area contributed by atoms with Gasteiger partial charge in [-0.25, -0.2) is 0 Å². The molecule has 1 aromatic rings. The summed E-state index contributed by atoms with van der Waals surface area (Å²) in [5.41, 5.74) is 1.27. The lowest BCUT2D eigenvalue weighted by Gasteiger charge is -2.16. The van der Waals surface area contributed by atoms with Crippen molar-refractivity contribution in [1.29, 1.82) is 0 Å². The van der Waals surface area contributed by atoms with Crippen LogP contribution in [0.3, 0.4) is 0 Å². The van der Waals surface area contributed by atoms with Gasteiger partial charge < -0.3 is 5.32 Å². The normalized spacial score (nSPS) is 26.2. The van der Waals surface area contributed by atoms with Gasteiger partial charge in [0.05, 0.1) is 0 Å². The van der Waals surface area contributed by atoms with Crippen LogP contribution in [0.5, 0.6) is 0 Å². The highest BCUT2D eigenvalue weighted by Crippen LogP contribution is 2.29. The van der Waals surface area contributed by atoms with Crippen LogP contribution in [0, 0.1) is 0 Å². The largest absolute Gasteiger partial charge is 0.352 e. The molecule has 74 valence electrons. The highest BCUT2D eigenvalue weighted by atomic mass is 127. The van der Waals surface area contributed by atoms with E-state index in [9.17, 15) is 4.79 Å². The zero-order valence-corrected chi connectivity index (χ0v) is 9.90. The number of hydrogen-bond acceptors (Lipinski definition) is 1. The molecule has 0 bridgehead atoms. The average Bonchev–Trinajstić information content (AvgIpc) is 2.61. The molecule has 1 saturated heterocycles. The highest BCUT2D eigenvalue weighted by Gasteiger charge is 2.32. The quantitative estimate of drug-likeness (QED) is 0.658. The Hall–Kier alpha value is -0.580. The van der Waals surface area contributed by atoms with E-state index in [0.29, 0.717) is 18.4 Å². The Morgan fingerprint density at radius 1 is 1.36 bits per heavy atom. The van der Waals surface area contributed by atoms with E-state index in [1.165, 1.54) is 5.56 Å². The van der Waals surface area contributed by atoms with Crippen LogP contribution in [0.15, 0.2) is 30.3 Å². The van der Waals surface area contributed by atoms with Crippen molar-refractivity contribution in [1.82, 2.24) is 5.32 Å². The van der Waals surface area contributed by atoms with Crippen molar-refractivity contribution in [3.05, 3.63) is 35.9 Å². The minimum Gasteiger partial charge on any atom is -0.352 e. The van der Waals surface area contributed by atoms with Gasteiger partial charge >= 0.3 is 0 Å². The predicted octanol–water partition coefficient (Wildman–Crippen LogP) is 2.09. The van der Waals surface area contributed by atoms with Gasteiger partial charge in [-0.3, -0.25) is 4.79 Å². The van der Waals surface area contributed by atoms with E-state index in [4.69, 9.17) is 0 Å². The predicted molar refractivity (Wildman–Crippen MR) is 64.6 cm³/mol. The molecule has 1 aliphatic heterocycles. The smallest absolute Gasteiger partial charge is 0.220 e. The van der Waals surface area contributed by atoms with Crippen LogP contribution in [0.4, 0.5) is 0 Å². The Balaban J connectivity index is 2.22. The molecule has 1 aliphatic rings. The van der Waals surface area contributed by atoms with Crippen molar-refractivity contribution in [3.63, 3.8) is 0 Å². The van der Waals surface area contributed by atoms with Crippen LogP contribution in [-0.4, -0.2) is 16.4 Å². The summed E-state index contributed by atoms with van der Waals surface area (Å²) in [6.45, 7) is 0. The number of halogens is 1. The average molecular weight is 301 g/mol. The van der Waals surface area contributed by atoms with E-state index >= 15 is 0 Å². The first-order chi connectivity index (χ1) is 6.81. The van der Waals surface area contributed by atoms with Crippen LogP contribution in [0.2, 0.25) is 0 Å². The summed E-state index contributed by atoms with van der Waals surface area (Å²) in [4.78, 5) is 11.3. The molecule has 14 heavy (non-hydrogen) atoms. The molecule has 0 spiro atoms. The molecule has 1 N–H and O–H groups in total. The fourth-order valence-electron chi connectivity index (χ4n) is 1.90. The SMILES string of the molecule is O=C1CC(c2ccccc2)C(CI)N1. The lowest BCUT2D eigenvalue weighted by Crippen LogP contribution is -2.29. The van der Waals surface area contributed by atoms with Gasteiger partial charge in [0.25, 0.3) is 0 Å². The molecule has 0 saturated carbocycles. The number of carbonyl (C=O) groups excluding carboxylic acids is 1. The van der Waals surface area contributed by atoms with Gasteiger partial charge in [-0.2, -0.15) is 0 Å². The first-order valence-corrected chi connectivity index (χ1v) is 6.24. The molecule has 0 aromatic heterocycles. The molecule has 1 fully saturated rings. The summed E-state index contributed by atoms with van der Waals surface area (Å²) in [5, 5.41) is 3.01. The summed E-state index contributed by atoms with van der Waals surface area (Å²) in [6, 6.07) is 10.6. The van der Waals surface area contributed by atoms with Crippen molar-refractivity contribution in [2.75, 3.05) is 4.43 Å². The lowest BCUT2D eigenvalue weighted by atomic mass is 9.93. The summed E-state index contributed by atoms with van der Waals surface area (Å²) in [5.74, 6) is 0.543. The summed E-state index contributed by atoms with van der Waals surface area (Å²) >= 11 is 2.33. The maximum Gasteiger partial charge on any atom is 0.220 e. The fraction of sp³-hybridized carbons (Fsp3) is 0.364. The van der Waals surface area contributed by atoms with Gasteiger partial charge in [0.15, 0.2) is 0 Å². The molecule has 2 atom stereocenters.